The van der Waals surface area contributed by atoms with Gasteiger partial charge >= 0.3 is 22.5 Å². The molecule has 1 fully saturated rings. The van der Waals surface area contributed by atoms with Crippen molar-refractivity contribution in [1.29, 1.82) is 0 Å². The minimum absolute atomic E-state index is 0.132. The van der Waals surface area contributed by atoms with Crippen LogP contribution in [0.2, 0.25) is 0 Å². The van der Waals surface area contributed by atoms with Gasteiger partial charge in [0.05, 0.1) is 5.75 Å². The quantitative estimate of drug-likeness (QED) is 0.568. The summed E-state index contributed by atoms with van der Waals surface area (Å²) in [6.07, 6.45) is -6.04. The molecule has 1 rings (SSSR count). The molecule has 1 aliphatic heterocycles. The smallest absolute Gasteiger partial charge is 0.410 e. The molecule has 2 unspecified atom stereocenters. The summed E-state index contributed by atoms with van der Waals surface area (Å²) < 4.78 is 78.9. The zero-order valence-electron chi connectivity index (χ0n) is 12.5. The van der Waals surface area contributed by atoms with E-state index in [1.807, 2.05) is 0 Å². The third-order valence-corrected chi connectivity index (χ3v) is 3.96. The Kier molecular flexibility index (Phi) is 5.36. The number of carbonyl (C=O) groups excluding carboxylic acids is 1. The number of alkyl halides is 3. The fourth-order valence-corrected chi connectivity index (χ4v) is 3.34. The Labute approximate surface area is 126 Å². The average Bonchev–Trinajstić information content (AvgIpc) is 2.22. The summed E-state index contributed by atoms with van der Waals surface area (Å²) >= 11 is 0. The molecule has 1 heterocycles. The Morgan fingerprint density at radius 2 is 1.82 bits per heavy atom. The molecular weight excluding hydrogens is 330 g/mol. The van der Waals surface area contributed by atoms with E-state index >= 15 is 0 Å². The Balaban J connectivity index is 3.07. The molecule has 2 atom stereocenters. The third kappa shape index (κ3) is 5.62. The first-order valence-corrected chi connectivity index (χ1v) is 8.24. The molecular formula is C12H19F4NO4S. The van der Waals surface area contributed by atoms with E-state index in [0.717, 1.165) is 0 Å². The van der Waals surface area contributed by atoms with E-state index in [4.69, 9.17) is 4.74 Å². The normalized spacial score (nSPS) is 24.2. The highest BCUT2D eigenvalue weighted by Crippen LogP contribution is 2.37. The molecule has 0 saturated carbocycles. The van der Waals surface area contributed by atoms with Crippen LogP contribution in [0.25, 0.3) is 0 Å². The number of carbonyl (C=O) groups is 1. The van der Waals surface area contributed by atoms with Crippen LogP contribution in [-0.2, 0) is 15.0 Å². The second-order valence-corrected chi connectivity index (χ2v) is 7.68. The molecule has 1 amide bonds. The molecule has 5 nitrogen and oxygen atoms in total. The number of hydrogen-bond donors (Lipinski definition) is 0. The van der Waals surface area contributed by atoms with E-state index < -0.39 is 45.8 Å². The van der Waals surface area contributed by atoms with Crippen LogP contribution in [0.15, 0.2) is 0 Å². The van der Waals surface area contributed by atoms with Crippen LogP contribution < -0.4 is 0 Å². The Hall–Kier alpha value is -1.06. The van der Waals surface area contributed by atoms with Crippen molar-refractivity contribution in [3.8, 4) is 0 Å². The third-order valence-electron chi connectivity index (χ3n) is 3.13. The zero-order valence-corrected chi connectivity index (χ0v) is 13.3. The van der Waals surface area contributed by atoms with Crippen molar-refractivity contribution < 1.29 is 35.0 Å². The first-order valence-electron chi connectivity index (χ1n) is 6.69. The molecule has 0 spiro atoms. The van der Waals surface area contributed by atoms with Crippen LogP contribution >= 0.6 is 0 Å². The maximum atomic E-state index is 13.2. The monoisotopic (exact) mass is 349 g/mol. The number of hydrogen-bond acceptors (Lipinski definition) is 4. The molecule has 0 aromatic heterocycles. The minimum atomic E-state index is -5.08. The summed E-state index contributed by atoms with van der Waals surface area (Å²) in [6, 6.07) is -2.37. The summed E-state index contributed by atoms with van der Waals surface area (Å²) in [6.45, 7) is 4.28. The van der Waals surface area contributed by atoms with Gasteiger partial charge < -0.3 is 4.74 Å². The van der Waals surface area contributed by atoms with Gasteiger partial charge in [0.25, 0.3) is 0 Å². The van der Waals surface area contributed by atoms with Crippen molar-refractivity contribution in [3.05, 3.63) is 0 Å². The minimum Gasteiger partial charge on any atom is -0.444 e. The van der Waals surface area contributed by atoms with Gasteiger partial charge in [-0.1, -0.05) is 0 Å². The molecule has 0 aromatic rings. The summed E-state index contributed by atoms with van der Waals surface area (Å²) in [5, 5.41) is 0. The Bertz CT molecular complexity index is 512. The van der Waals surface area contributed by atoms with Crippen LogP contribution in [-0.4, -0.2) is 49.5 Å². The summed E-state index contributed by atoms with van der Waals surface area (Å²) in [4.78, 5) is 12.4. The largest absolute Gasteiger partial charge is 0.444 e. The predicted octanol–water partition coefficient (Wildman–Crippen LogP) is 2.86. The highest BCUT2D eigenvalue weighted by molar-refractivity contribution is 7.86. The topological polar surface area (TPSA) is 63.7 Å². The number of piperidine rings is 1. The molecule has 0 bridgehead atoms. The molecule has 0 aliphatic carbocycles. The second kappa shape index (κ2) is 6.21. The highest BCUT2D eigenvalue weighted by atomic mass is 32.3. The number of likely N-dealkylation sites (tertiary alicyclic amines) is 1. The first kappa shape index (κ1) is 19.0. The lowest BCUT2D eigenvalue weighted by Gasteiger charge is -2.41. The fraction of sp³-hybridized carbons (Fsp3) is 0.917. The van der Waals surface area contributed by atoms with Crippen LogP contribution in [0.4, 0.5) is 21.9 Å². The Morgan fingerprint density at radius 3 is 2.23 bits per heavy atom. The number of amides is 1. The van der Waals surface area contributed by atoms with E-state index in [9.17, 15) is 30.3 Å². The van der Waals surface area contributed by atoms with Crippen LogP contribution in [0.1, 0.15) is 33.6 Å². The van der Waals surface area contributed by atoms with Gasteiger partial charge in [0.2, 0.25) is 0 Å². The van der Waals surface area contributed by atoms with Gasteiger partial charge in [-0.05, 0) is 33.6 Å². The van der Waals surface area contributed by atoms with E-state index in [-0.39, 0.29) is 19.4 Å². The van der Waals surface area contributed by atoms with E-state index in [1.165, 1.54) is 20.8 Å². The molecule has 130 valence electrons. The number of nitrogens with zero attached hydrogens (tertiary/aromatic N) is 1. The fourth-order valence-electron chi connectivity index (χ4n) is 2.47. The maximum Gasteiger partial charge on any atom is 0.410 e. The summed E-state index contributed by atoms with van der Waals surface area (Å²) in [5.74, 6) is -2.81. The Morgan fingerprint density at radius 1 is 1.27 bits per heavy atom. The predicted molar refractivity (Wildman–Crippen MR) is 70.4 cm³/mol. The second-order valence-electron chi connectivity index (χ2n) is 6.27. The van der Waals surface area contributed by atoms with Gasteiger partial charge in [0.1, 0.15) is 11.6 Å². The van der Waals surface area contributed by atoms with Crippen molar-refractivity contribution in [1.82, 2.24) is 4.90 Å². The number of rotatable bonds is 2. The van der Waals surface area contributed by atoms with Crippen molar-refractivity contribution >= 4 is 16.3 Å². The molecule has 0 aromatic carbocycles. The summed E-state index contributed by atoms with van der Waals surface area (Å²) in [5.41, 5.74) is -0.994. The van der Waals surface area contributed by atoms with Crippen LogP contribution in [0.3, 0.4) is 0 Å². The van der Waals surface area contributed by atoms with E-state index in [1.54, 1.807) is 0 Å². The van der Waals surface area contributed by atoms with Gasteiger partial charge in [0, 0.05) is 12.5 Å². The lowest BCUT2D eigenvalue weighted by atomic mass is 9.90. The average molecular weight is 349 g/mol. The maximum absolute atomic E-state index is 13.2. The molecule has 0 radical (unpaired) electrons. The first-order chi connectivity index (χ1) is 9.71. The van der Waals surface area contributed by atoms with Crippen molar-refractivity contribution in [3.63, 3.8) is 0 Å². The molecule has 1 saturated heterocycles. The molecule has 22 heavy (non-hydrogen) atoms. The van der Waals surface area contributed by atoms with Crippen molar-refractivity contribution in [2.75, 3.05) is 12.3 Å². The standard InChI is InChI=1S/C12H19F4NO4S/c1-11(2,3)21-10(18)17-6-4-5-8(7-22(16,19)20)9(17)12(13,14)15/h8-9H,4-7H2,1-3H3. The lowest BCUT2D eigenvalue weighted by molar-refractivity contribution is -0.199. The van der Waals surface area contributed by atoms with Gasteiger partial charge in [-0.25, -0.2) is 4.79 Å². The molecule has 0 N–H and O–H groups in total. The zero-order chi connectivity index (χ0) is 17.3. The van der Waals surface area contributed by atoms with E-state index in [2.05, 4.69) is 0 Å². The lowest BCUT2D eigenvalue weighted by Crippen LogP contribution is -2.57. The highest BCUT2D eigenvalue weighted by Gasteiger charge is 2.53. The van der Waals surface area contributed by atoms with Gasteiger partial charge in [-0.15, -0.1) is 3.89 Å². The SMILES string of the molecule is CC(C)(C)OC(=O)N1CCCC(CS(=O)(=O)F)C1C(F)(F)F. The number of ether oxygens (including phenoxy) is 1. The number of halogens is 4. The van der Waals surface area contributed by atoms with E-state index in [0.29, 0.717) is 4.90 Å². The van der Waals surface area contributed by atoms with Gasteiger partial charge in [-0.2, -0.15) is 21.6 Å². The van der Waals surface area contributed by atoms with Crippen molar-refractivity contribution in [2.45, 2.75) is 51.4 Å². The molecule has 1 aliphatic rings. The summed E-state index contributed by atoms with van der Waals surface area (Å²) in [7, 11) is -5.08. The molecule has 10 heteroatoms. The van der Waals surface area contributed by atoms with Gasteiger partial charge in [-0.3, -0.25) is 4.90 Å². The van der Waals surface area contributed by atoms with Crippen LogP contribution in [0.5, 0.6) is 0 Å². The van der Waals surface area contributed by atoms with Crippen LogP contribution in [0, 0.1) is 5.92 Å². The van der Waals surface area contributed by atoms with Crippen molar-refractivity contribution in [2.24, 2.45) is 5.92 Å². The van der Waals surface area contributed by atoms with Gasteiger partial charge in [0.15, 0.2) is 0 Å².